The molecule has 10 heteroatoms. The van der Waals surface area contributed by atoms with Gasteiger partial charge in [0.25, 0.3) is 5.69 Å². The molecule has 1 N–H and O–H groups in total. The summed E-state index contributed by atoms with van der Waals surface area (Å²) in [7, 11) is 0. The number of nitro groups is 1. The highest BCUT2D eigenvalue weighted by molar-refractivity contribution is 5.84. The Kier molecular flexibility index (Phi) is 5.04. The van der Waals surface area contributed by atoms with Crippen LogP contribution in [-0.2, 0) is 11.3 Å². The number of carbonyl (C=O) groups is 1. The van der Waals surface area contributed by atoms with E-state index >= 15 is 0 Å². The number of aromatic nitrogens is 3. The minimum Gasteiger partial charge on any atom is -0.444 e. The lowest BCUT2D eigenvalue weighted by Crippen LogP contribution is -2.14. The van der Waals surface area contributed by atoms with Crippen molar-refractivity contribution in [3.05, 3.63) is 88.6 Å². The molecular formula is C20H14FN5O4. The van der Waals surface area contributed by atoms with Crippen LogP contribution in [0.3, 0.4) is 0 Å². The Bertz CT molecular complexity index is 1240. The second-order valence-corrected chi connectivity index (χ2v) is 6.28. The van der Waals surface area contributed by atoms with Crippen molar-refractivity contribution in [2.45, 2.75) is 6.61 Å². The van der Waals surface area contributed by atoms with E-state index in [1.165, 1.54) is 23.0 Å². The molecule has 4 aromatic rings. The highest BCUT2D eigenvalue weighted by Gasteiger charge is 2.16. The van der Waals surface area contributed by atoms with Crippen molar-refractivity contribution in [1.82, 2.24) is 14.4 Å². The van der Waals surface area contributed by atoms with Gasteiger partial charge in [-0.3, -0.25) is 19.8 Å². The molecule has 0 aliphatic heterocycles. The average molecular weight is 407 g/mol. The molecule has 4 rings (SSSR count). The van der Waals surface area contributed by atoms with Crippen molar-refractivity contribution in [3.8, 4) is 11.3 Å². The summed E-state index contributed by atoms with van der Waals surface area (Å²) in [5.41, 5.74) is 1.09. The molecule has 1 amide bonds. The van der Waals surface area contributed by atoms with Crippen LogP contribution in [0.2, 0.25) is 0 Å². The number of fused-ring (bicyclic) bond motifs is 1. The number of carbonyl (C=O) groups excluding carboxylic acids is 1. The molecule has 30 heavy (non-hydrogen) atoms. The summed E-state index contributed by atoms with van der Waals surface area (Å²) >= 11 is 0. The minimum atomic E-state index is -0.662. The number of hydrogen-bond acceptors (Lipinski definition) is 6. The maximum absolute atomic E-state index is 14.2. The molecule has 0 atom stereocenters. The number of imidazole rings is 1. The number of rotatable bonds is 5. The van der Waals surface area contributed by atoms with E-state index in [4.69, 9.17) is 4.74 Å². The van der Waals surface area contributed by atoms with Crippen LogP contribution >= 0.6 is 0 Å². The summed E-state index contributed by atoms with van der Waals surface area (Å²) in [5.74, 6) is -0.411. The van der Waals surface area contributed by atoms with E-state index in [1.54, 1.807) is 0 Å². The van der Waals surface area contributed by atoms with Crippen molar-refractivity contribution in [2.75, 3.05) is 5.32 Å². The van der Waals surface area contributed by atoms with E-state index in [9.17, 15) is 19.3 Å². The van der Waals surface area contributed by atoms with Gasteiger partial charge in [0, 0.05) is 30.1 Å². The van der Waals surface area contributed by atoms with Gasteiger partial charge in [-0.05, 0) is 11.6 Å². The van der Waals surface area contributed by atoms with Crippen molar-refractivity contribution < 1.29 is 18.8 Å². The molecule has 2 aromatic heterocycles. The van der Waals surface area contributed by atoms with E-state index in [2.05, 4.69) is 15.3 Å². The van der Waals surface area contributed by atoms with Gasteiger partial charge in [0.2, 0.25) is 5.78 Å². The van der Waals surface area contributed by atoms with E-state index in [-0.39, 0.29) is 29.3 Å². The molecule has 2 aromatic carbocycles. The molecule has 0 bridgehead atoms. The molecule has 150 valence electrons. The fraction of sp³-hybridized carbons (Fsp3) is 0.0500. The van der Waals surface area contributed by atoms with Gasteiger partial charge in [-0.1, -0.05) is 30.3 Å². The minimum absolute atomic E-state index is 0.0218. The first-order valence-electron chi connectivity index (χ1n) is 8.76. The number of anilines is 1. The van der Waals surface area contributed by atoms with Crippen molar-refractivity contribution in [2.24, 2.45) is 0 Å². The summed E-state index contributed by atoms with van der Waals surface area (Å²) in [6.45, 7) is 0.115. The fourth-order valence-corrected chi connectivity index (χ4v) is 2.78. The largest absolute Gasteiger partial charge is 0.444 e. The predicted molar refractivity (Wildman–Crippen MR) is 105 cm³/mol. The molecule has 0 fully saturated rings. The van der Waals surface area contributed by atoms with Gasteiger partial charge in [0.05, 0.1) is 22.5 Å². The normalized spacial score (nSPS) is 10.7. The van der Waals surface area contributed by atoms with Crippen LogP contribution in [0.1, 0.15) is 5.56 Å². The Balaban J connectivity index is 1.52. The van der Waals surface area contributed by atoms with Crippen molar-refractivity contribution >= 4 is 23.2 Å². The monoisotopic (exact) mass is 407 g/mol. The Morgan fingerprint density at radius 1 is 1.20 bits per heavy atom. The van der Waals surface area contributed by atoms with Gasteiger partial charge < -0.3 is 4.74 Å². The van der Waals surface area contributed by atoms with Gasteiger partial charge in [-0.2, -0.15) is 0 Å². The smallest absolute Gasteiger partial charge is 0.412 e. The summed E-state index contributed by atoms with van der Waals surface area (Å²) in [6, 6.07) is 12.4. The quantitative estimate of drug-likeness (QED) is 0.392. The number of non-ortho nitro benzene ring substituents is 1. The molecule has 0 aliphatic rings. The number of nitrogens with one attached hydrogen (secondary N) is 1. The lowest BCUT2D eigenvalue weighted by molar-refractivity contribution is -0.384. The maximum atomic E-state index is 14.2. The molecule has 0 saturated heterocycles. The standard InChI is InChI=1S/C20H14FN5O4/c21-17-7-6-15(26(28)29)8-16(17)18-11-25-10-14(9-22-19(25)24-18)23-20(27)30-12-13-4-2-1-3-5-13/h1-11H,12H2,(H,23,27). The average Bonchev–Trinajstić information content (AvgIpc) is 3.16. The third-order valence-corrected chi connectivity index (χ3v) is 4.21. The van der Waals surface area contributed by atoms with Gasteiger partial charge in [-0.25, -0.2) is 19.2 Å². The lowest BCUT2D eigenvalue weighted by Gasteiger charge is -2.07. The van der Waals surface area contributed by atoms with Crippen LogP contribution in [0.15, 0.2) is 67.1 Å². The SMILES string of the molecule is O=C(Nc1cnc2nc(-c3cc([N+](=O)[O-])ccc3F)cn2c1)OCc1ccccc1. The maximum Gasteiger partial charge on any atom is 0.412 e. The number of nitrogens with zero attached hydrogens (tertiary/aromatic N) is 4. The lowest BCUT2D eigenvalue weighted by atomic mass is 10.1. The first-order valence-corrected chi connectivity index (χ1v) is 8.76. The van der Waals surface area contributed by atoms with Crippen LogP contribution in [0, 0.1) is 15.9 Å². The number of ether oxygens (including phenoxy) is 1. The third-order valence-electron chi connectivity index (χ3n) is 4.21. The Labute approximate surface area is 168 Å². The summed E-state index contributed by atoms with van der Waals surface area (Å²) in [4.78, 5) is 30.6. The van der Waals surface area contributed by atoms with Gasteiger partial charge in [0.15, 0.2) is 0 Å². The molecule has 2 heterocycles. The summed E-state index contributed by atoms with van der Waals surface area (Å²) in [6.07, 6.45) is 3.70. The number of nitro benzene ring substituents is 1. The van der Waals surface area contributed by atoms with Crippen LogP contribution in [-0.4, -0.2) is 25.4 Å². The van der Waals surface area contributed by atoms with E-state index < -0.39 is 16.8 Å². The number of halogens is 1. The molecule has 0 radical (unpaired) electrons. The number of amides is 1. The molecule has 0 unspecified atom stereocenters. The van der Waals surface area contributed by atoms with Crippen molar-refractivity contribution in [1.29, 1.82) is 0 Å². The molecule has 0 aliphatic carbocycles. The third kappa shape index (κ3) is 4.07. The number of hydrogen-bond donors (Lipinski definition) is 1. The van der Waals surface area contributed by atoms with Crippen LogP contribution in [0.25, 0.3) is 17.0 Å². The topological polar surface area (TPSA) is 112 Å². The van der Waals surface area contributed by atoms with Crippen LogP contribution in [0.4, 0.5) is 20.6 Å². The summed E-state index contributed by atoms with van der Waals surface area (Å²) in [5, 5.41) is 13.5. The Morgan fingerprint density at radius 2 is 2.00 bits per heavy atom. The van der Waals surface area contributed by atoms with E-state index in [0.29, 0.717) is 5.69 Å². The highest BCUT2D eigenvalue weighted by Crippen LogP contribution is 2.26. The molecule has 0 spiro atoms. The van der Waals surface area contributed by atoms with Gasteiger partial charge in [-0.15, -0.1) is 0 Å². The predicted octanol–water partition coefficient (Wildman–Crippen LogP) is 4.19. The first kappa shape index (κ1) is 19.0. The molecule has 0 saturated carbocycles. The zero-order valence-corrected chi connectivity index (χ0v) is 15.4. The second kappa shape index (κ2) is 7.95. The zero-order chi connectivity index (χ0) is 21.1. The van der Waals surface area contributed by atoms with Gasteiger partial charge >= 0.3 is 6.09 Å². The first-order chi connectivity index (χ1) is 14.5. The molecular weight excluding hydrogens is 393 g/mol. The zero-order valence-electron chi connectivity index (χ0n) is 15.4. The second-order valence-electron chi connectivity index (χ2n) is 6.28. The Morgan fingerprint density at radius 3 is 2.77 bits per heavy atom. The van der Waals surface area contributed by atoms with E-state index in [1.807, 2.05) is 30.3 Å². The number of benzene rings is 2. The highest BCUT2D eigenvalue weighted by atomic mass is 19.1. The summed E-state index contributed by atoms with van der Waals surface area (Å²) < 4.78 is 20.8. The van der Waals surface area contributed by atoms with Gasteiger partial charge in [0.1, 0.15) is 12.4 Å². The van der Waals surface area contributed by atoms with E-state index in [0.717, 1.165) is 23.8 Å². The fourth-order valence-electron chi connectivity index (χ4n) is 2.78. The van der Waals surface area contributed by atoms with Crippen molar-refractivity contribution in [3.63, 3.8) is 0 Å². The Hall–Kier alpha value is -4.34. The van der Waals surface area contributed by atoms with Crippen LogP contribution in [0.5, 0.6) is 0 Å². The van der Waals surface area contributed by atoms with Crippen LogP contribution < -0.4 is 5.32 Å². The molecule has 9 nitrogen and oxygen atoms in total.